The smallest absolute Gasteiger partial charge is 0.142 e. The summed E-state index contributed by atoms with van der Waals surface area (Å²) in [6, 6.07) is 7.48. The highest BCUT2D eigenvalue weighted by molar-refractivity contribution is 5.51. The lowest BCUT2D eigenvalue weighted by atomic mass is 10.3. The zero-order valence-corrected chi connectivity index (χ0v) is 8.00. The Kier molecular flexibility index (Phi) is 5.88. The van der Waals surface area contributed by atoms with Crippen LogP contribution in [0, 0.1) is 0 Å². The summed E-state index contributed by atoms with van der Waals surface area (Å²) < 4.78 is 5.21. The Morgan fingerprint density at radius 3 is 2.33 bits per heavy atom. The van der Waals surface area contributed by atoms with Crippen LogP contribution >= 0.6 is 0 Å². The van der Waals surface area contributed by atoms with Gasteiger partial charge in [0.2, 0.25) is 0 Å². The van der Waals surface area contributed by atoms with Crippen molar-refractivity contribution in [3.8, 4) is 5.75 Å². The molecule has 1 rings (SSSR count). The first kappa shape index (κ1) is 10.8. The molecule has 1 aromatic carbocycles. The van der Waals surface area contributed by atoms with Crippen LogP contribution in [0.3, 0.4) is 0 Å². The monoisotopic (exact) mass is 167 g/mol. The third-order valence-electron chi connectivity index (χ3n) is 1.22. The maximum absolute atomic E-state index is 5.58. The Morgan fingerprint density at radius 1 is 1.25 bits per heavy atom. The third-order valence-corrected chi connectivity index (χ3v) is 1.22. The second-order valence-corrected chi connectivity index (χ2v) is 1.97. The van der Waals surface area contributed by atoms with E-state index in [1.165, 1.54) is 0 Å². The summed E-state index contributed by atoms with van der Waals surface area (Å²) >= 11 is 0. The standard InChI is InChI=1S/C8H11NO.C2H6/c1-2-10-8-6-4-3-5-7(8)9;1-2/h3-6H,2,9H2,1H3;1-2H3. The van der Waals surface area contributed by atoms with Gasteiger partial charge in [-0.1, -0.05) is 26.0 Å². The van der Waals surface area contributed by atoms with Gasteiger partial charge in [0, 0.05) is 0 Å². The Balaban J connectivity index is 0.000000561. The van der Waals surface area contributed by atoms with Crippen molar-refractivity contribution in [1.29, 1.82) is 0 Å². The van der Waals surface area contributed by atoms with Crippen LogP contribution in [0.4, 0.5) is 5.69 Å². The fourth-order valence-electron chi connectivity index (χ4n) is 0.767. The number of nitrogen functional groups attached to an aromatic ring is 1. The van der Waals surface area contributed by atoms with E-state index in [9.17, 15) is 0 Å². The van der Waals surface area contributed by atoms with Gasteiger partial charge in [0.25, 0.3) is 0 Å². The second-order valence-electron chi connectivity index (χ2n) is 1.97. The van der Waals surface area contributed by atoms with E-state index in [0.29, 0.717) is 12.3 Å². The zero-order chi connectivity index (χ0) is 9.40. The molecule has 0 saturated carbocycles. The number of anilines is 1. The van der Waals surface area contributed by atoms with Gasteiger partial charge in [-0.2, -0.15) is 0 Å². The summed E-state index contributed by atoms with van der Waals surface area (Å²) in [5.41, 5.74) is 6.28. The molecular formula is C10H17NO. The third kappa shape index (κ3) is 3.28. The minimum Gasteiger partial charge on any atom is -0.492 e. The number of nitrogens with two attached hydrogens (primary N) is 1. The quantitative estimate of drug-likeness (QED) is 0.687. The molecule has 0 bridgehead atoms. The molecule has 0 aliphatic heterocycles. The first-order valence-corrected chi connectivity index (χ1v) is 4.32. The summed E-state index contributed by atoms with van der Waals surface area (Å²) in [4.78, 5) is 0. The molecule has 0 spiro atoms. The molecule has 0 unspecified atom stereocenters. The second kappa shape index (κ2) is 6.53. The highest BCUT2D eigenvalue weighted by Gasteiger charge is 1.93. The molecule has 0 amide bonds. The number of ether oxygens (including phenoxy) is 1. The molecule has 68 valence electrons. The molecule has 0 aliphatic rings. The number of benzene rings is 1. The lowest BCUT2D eigenvalue weighted by molar-refractivity contribution is 0.342. The van der Waals surface area contributed by atoms with Crippen LogP contribution in [0.25, 0.3) is 0 Å². The van der Waals surface area contributed by atoms with Crippen molar-refractivity contribution in [2.24, 2.45) is 0 Å². The van der Waals surface area contributed by atoms with Gasteiger partial charge in [0.1, 0.15) is 5.75 Å². The Bertz CT molecular complexity index is 211. The van der Waals surface area contributed by atoms with Crippen molar-refractivity contribution in [1.82, 2.24) is 0 Å². The first-order chi connectivity index (χ1) is 5.84. The van der Waals surface area contributed by atoms with Crippen molar-refractivity contribution in [3.63, 3.8) is 0 Å². The summed E-state index contributed by atoms with van der Waals surface area (Å²) in [6.07, 6.45) is 0. The molecule has 0 radical (unpaired) electrons. The van der Waals surface area contributed by atoms with Gasteiger partial charge in [-0.3, -0.25) is 0 Å². The zero-order valence-electron chi connectivity index (χ0n) is 8.00. The van der Waals surface area contributed by atoms with Gasteiger partial charge >= 0.3 is 0 Å². The maximum Gasteiger partial charge on any atom is 0.142 e. The van der Waals surface area contributed by atoms with E-state index in [4.69, 9.17) is 10.5 Å². The van der Waals surface area contributed by atoms with Crippen molar-refractivity contribution in [2.75, 3.05) is 12.3 Å². The summed E-state index contributed by atoms with van der Waals surface area (Å²) in [7, 11) is 0. The highest BCUT2D eigenvalue weighted by atomic mass is 16.5. The van der Waals surface area contributed by atoms with Gasteiger partial charge in [-0.25, -0.2) is 0 Å². The SMILES string of the molecule is CC.CCOc1ccccc1N. The molecule has 2 N–H and O–H groups in total. The molecule has 2 heteroatoms. The molecule has 0 saturated heterocycles. The predicted molar refractivity (Wildman–Crippen MR) is 53.4 cm³/mol. The molecule has 2 nitrogen and oxygen atoms in total. The minimum absolute atomic E-state index is 0.661. The summed E-state index contributed by atoms with van der Waals surface area (Å²) in [5, 5.41) is 0. The van der Waals surface area contributed by atoms with Crippen LogP contribution in [0.2, 0.25) is 0 Å². The summed E-state index contributed by atoms with van der Waals surface area (Å²) in [6.45, 7) is 6.60. The average molecular weight is 167 g/mol. The lowest BCUT2D eigenvalue weighted by Gasteiger charge is -2.04. The molecule has 0 aromatic heterocycles. The van der Waals surface area contributed by atoms with Crippen molar-refractivity contribution in [2.45, 2.75) is 20.8 Å². The van der Waals surface area contributed by atoms with E-state index < -0.39 is 0 Å². The van der Waals surface area contributed by atoms with Gasteiger partial charge in [-0.05, 0) is 19.1 Å². The normalized spacial score (nSPS) is 8.25. The van der Waals surface area contributed by atoms with E-state index >= 15 is 0 Å². The van der Waals surface area contributed by atoms with Gasteiger partial charge < -0.3 is 10.5 Å². The highest BCUT2D eigenvalue weighted by Crippen LogP contribution is 2.18. The van der Waals surface area contributed by atoms with E-state index in [0.717, 1.165) is 5.75 Å². The fraction of sp³-hybridized carbons (Fsp3) is 0.400. The van der Waals surface area contributed by atoms with E-state index in [2.05, 4.69) is 0 Å². The molecule has 12 heavy (non-hydrogen) atoms. The van der Waals surface area contributed by atoms with Crippen molar-refractivity contribution < 1.29 is 4.74 Å². The fourth-order valence-corrected chi connectivity index (χ4v) is 0.767. The van der Waals surface area contributed by atoms with Crippen LogP contribution in [-0.2, 0) is 0 Å². The largest absolute Gasteiger partial charge is 0.492 e. The average Bonchev–Trinajstić information content (AvgIpc) is 2.13. The molecule has 0 atom stereocenters. The topological polar surface area (TPSA) is 35.2 Å². The molecule has 0 aliphatic carbocycles. The molecular weight excluding hydrogens is 150 g/mol. The van der Waals surface area contributed by atoms with Crippen molar-refractivity contribution in [3.05, 3.63) is 24.3 Å². The van der Waals surface area contributed by atoms with Gasteiger partial charge in [0.05, 0.1) is 12.3 Å². The van der Waals surface area contributed by atoms with Gasteiger partial charge in [-0.15, -0.1) is 0 Å². The summed E-state index contributed by atoms with van der Waals surface area (Å²) in [5.74, 6) is 0.769. The molecule has 0 fully saturated rings. The van der Waals surface area contributed by atoms with E-state index in [1.54, 1.807) is 0 Å². The van der Waals surface area contributed by atoms with E-state index in [1.807, 2.05) is 45.0 Å². The lowest BCUT2D eigenvalue weighted by Crippen LogP contribution is -1.95. The number of para-hydroxylation sites is 2. The van der Waals surface area contributed by atoms with Crippen molar-refractivity contribution >= 4 is 5.69 Å². The van der Waals surface area contributed by atoms with E-state index in [-0.39, 0.29) is 0 Å². The maximum atomic E-state index is 5.58. The van der Waals surface area contributed by atoms with Crippen LogP contribution in [0.15, 0.2) is 24.3 Å². The Morgan fingerprint density at radius 2 is 1.83 bits per heavy atom. The van der Waals surface area contributed by atoms with Gasteiger partial charge in [0.15, 0.2) is 0 Å². The minimum atomic E-state index is 0.661. The number of hydrogen-bond donors (Lipinski definition) is 1. The van der Waals surface area contributed by atoms with Crippen LogP contribution in [0.1, 0.15) is 20.8 Å². The molecule has 1 aromatic rings. The number of rotatable bonds is 2. The first-order valence-electron chi connectivity index (χ1n) is 4.32. The van der Waals surface area contributed by atoms with Crippen LogP contribution in [0.5, 0.6) is 5.75 Å². The Hall–Kier alpha value is -1.18. The predicted octanol–water partition coefficient (Wildman–Crippen LogP) is 2.69. The Labute approximate surface area is 74.4 Å². The van der Waals surface area contributed by atoms with Crippen LogP contribution < -0.4 is 10.5 Å². The van der Waals surface area contributed by atoms with Crippen LogP contribution in [-0.4, -0.2) is 6.61 Å². The number of hydrogen-bond acceptors (Lipinski definition) is 2. The molecule has 0 heterocycles.